The topological polar surface area (TPSA) is 59.3 Å². The van der Waals surface area contributed by atoms with Crippen molar-refractivity contribution in [2.24, 2.45) is 0 Å². The molecule has 0 N–H and O–H groups in total. The summed E-state index contributed by atoms with van der Waals surface area (Å²) in [4.78, 5) is 10.1. The first-order chi connectivity index (χ1) is 5.37. The first-order valence-corrected chi connectivity index (χ1v) is 2.41. The summed E-state index contributed by atoms with van der Waals surface area (Å²) < 4.78 is 41.6. The molecule has 0 saturated heterocycles. The number of ether oxygens (including phenoxy) is 2. The van der Waals surface area contributed by atoms with Gasteiger partial charge in [0.05, 0.1) is 0 Å². The van der Waals surface area contributed by atoms with Crippen LogP contribution in [0.1, 0.15) is 0 Å². The van der Waals surface area contributed by atoms with E-state index in [4.69, 9.17) is 5.26 Å². The van der Waals surface area contributed by atoms with Gasteiger partial charge in [0, 0.05) is 0 Å². The molecule has 0 aliphatic carbocycles. The third-order valence-electron chi connectivity index (χ3n) is 0.536. The number of carbonyl (C=O) groups is 1. The second-order valence-electron chi connectivity index (χ2n) is 1.44. The van der Waals surface area contributed by atoms with Crippen molar-refractivity contribution in [3.05, 3.63) is 12.6 Å². The van der Waals surface area contributed by atoms with Crippen molar-refractivity contribution in [2.75, 3.05) is 0 Å². The Labute approximate surface area is 64.8 Å². The Balaban J connectivity index is 4.03. The third kappa shape index (κ3) is 4.16. The molecule has 0 radical (unpaired) electrons. The Kier molecular flexibility index (Phi) is 3.10. The molecule has 0 rings (SSSR count). The summed E-state index contributed by atoms with van der Waals surface area (Å²) in [6.07, 6.45) is -6.36. The molecule has 0 aromatic carbocycles. The zero-order valence-corrected chi connectivity index (χ0v) is 5.51. The molecule has 0 spiro atoms. The molecule has 0 aliphatic heterocycles. The van der Waals surface area contributed by atoms with Crippen LogP contribution in [0.15, 0.2) is 12.6 Å². The second-order valence-corrected chi connectivity index (χ2v) is 1.44. The van der Waals surface area contributed by atoms with Gasteiger partial charge in [-0.15, -0.1) is 8.78 Å². The van der Waals surface area contributed by atoms with E-state index in [0.29, 0.717) is 6.07 Å². The van der Waals surface area contributed by atoms with Crippen molar-refractivity contribution in [3.8, 4) is 6.07 Å². The van der Waals surface area contributed by atoms with E-state index in [1.807, 2.05) is 0 Å². The lowest BCUT2D eigenvalue weighted by molar-refractivity contribution is -0.164. The zero-order valence-electron chi connectivity index (χ0n) is 5.51. The summed E-state index contributed by atoms with van der Waals surface area (Å²) in [7, 11) is 0. The number of carbonyl (C=O) groups excluding carboxylic acids is 1. The predicted molar refractivity (Wildman–Crippen MR) is 28.4 cm³/mol. The summed E-state index contributed by atoms with van der Waals surface area (Å²) >= 11 is 0. The molecule has 0 unspecified atom stereocenters. The molecule has 0 amide bonds. The van der Waals surface area contributed by atoms with Crippen molar-refractivity contribution in [1.82, 2.24) is 0 Å². The number of alkyl halides is 2. The van der Waals surface area contributed by atoms with Gasteiger partial charge in [0.1, 0.15) is 0 Å². The lowest BCUT2D eigenvalue weighted by Crippen LogP contribution is -2.22. The molecule has 0 saturated carbocycles. The van der Waals surface area contributed by atoms with Crippen LogP contribution in [0.4, 0.5) is 18.0 Å². The fourth-order valence-corrected chi connectivity index (χ4v) is 0.239. The molecule has 0 bridgehead atoms. The molecule has 0 aromatic heterocycles. The molecule has 0 atom stereocenters. The van der Waals surface area contributed by atoms with E-state index in [2.05, 4.69) is 16.1 Å². The van der Waals surface area contributed by atoms with Gasteiger partial charge in [-0.05, 0) is 6.58 Å². The third-order valence-corrected chi connectivity index (χ3v) is 0.536. The SMILES string of the molecule is C=C(F)OC(=O)OC(F)(F)C#N. The first kappa shape index (κ1) is 10.3. The number of rotatable bonds is 2. The van der Waals surface area contributed by atoms with E-state index >= 15 is 0 Å². The molecule has 12 heavy (non-hydrogen) atoms. The molecule has 0 aromatic rings. The normalized spacial score (nSPS) is 9.83. The standard InChI is InChI=1S/C5H2F3NO3/c1-3(6)11-4(10)12-5(7,8)2-9/h1H2. The van der Waals surface area contributed by atoms with Crippen LogP contribution in [-0.4, -0.2) is 12.3 Å². The summed E-state index contributed by atoms with van der Waals surface area (Å²) in [6, 6.07) is -1.27. The first-order valence-electron chi connectivity index (χ1n) is 2.41. The Morgan fingerprint density at radius 1 is 1.58 bits per heavy atom. The van der Waals surface area contributed by atoms with Crippen LogP contribution >= 0.6 is 0 Å². The van der Waals surface area contributed by atoms with Crippen molar-refractivity contribution < 1.29 is 27.4 Å². The highest BCUT2D eigenvalue weighted by Gasteiger charge is 2.35. The molecule has 0 fully saturated rings. The lowest BCUT2D eigenvalue weighted by atomic mass is 10.7. The van der Waals surface area contributed by atoms with Gasteiger partial charge in [0.25, 0.3) is 6.01 Å². The summed E-state index contributed by atoms with van der Waals surface area (Å²) in [5.41, 5.74) is 0. The average molecular weight is 181 g/mol. The Morgan fingerprint density at radius 3 is 2.42 bits per heavy atom. The van der Waals surface area contributed by atoms with E-state index in [1.165, 1.54) is 0 Å². The van der Waals surface area contributed by atoms with E-state index in [-0.39, 0.29) is 0 Å². The Morgan fingerprint density at radius 2 is 2.08 bits per heavy atom. The van der Waals surface area contributed by atoms with Gasteiger partial charge < -0.3 is 9.47 Å². The van der Waals surface area contributed by atoms with Gasteiger partial charge in [0.2, 0.25) is 0 Å². The Hall–Kier alpha value is -1.71. The average Bonchev–Trinajstić information content (AvgIpc) is 1.84. The largest absolute Gasteiger partial charge is 0.521 e. The minimum atomic E-state index is -4.33. The van der Waals surface area contributed by atoms with Gasteiger partial charge in [-0.2, -0.15) is 9.65 Å². The van der Waals surface area contributed by atoms with Crippen molar-refractivity contribution in [2.45, 2.75) is 6.11 Å². The fraction of sp³-hybridized carbons (Fsp3) is 0.200. The van der Waals surface area contributed by atoms with Crippen LogP contribution < -0.4 is 0 Å². The zero-order chi connectivity index (χ0) is 9.78. The summed E-state index contributed by atoms with van der Waals surface area (Å²) in [5.74, 6) is 0. The highest BCUT2D eigenvalue weighted by atomic mass is 19.3. The molecular weight excluding hydrogens is 179 g/mol. The molecule has 0 aliphatic rings. The number of hydrogen-bond donors (Lipinski definition) is 0. The lowest BCUT2D eigenvalue weighted by Gasteiger charge is -2.06. The van der Waals surface area contributed by atoms with Gasteiger partial charge >= 0.3 is 12.3 Å². The van der Waals surface area contributed by atoms with Crippen LogP contribution in [0.25, 0.3) is 0 Å². The predicted octanol–water partition coefficient (Wildman–Crippen LogP) is 1.70. The van der Waals surface area contributed by atoms with Crippen LogP contribution in [0.5, 0.6) is 0 Å². The summed E-state index contributed by atoms with van der Waals surface area (Å²) in [5, 5.41) is 7.63. The van der Waals surface area contributed by atoms with E-state index < -0.39 is 18.3 Å². The van der Waals surface area contributed by atoms with Crippen LogP contribution in [0.2, 0.25) is 0 Å². The van der Waals surface area contributed by atoms with E-state index in [1.54, 1.807) is 0 Å². The minimum absolute atomic E-state index is 0.337. The summed E-state index contributed by atoms with van der Waals surface area (Å²) in [6.45, 7) is 2.43. The quantitative estimate of drug-likeness (QED) is 0.480. The Bertz CT molecular complexity index is 245. The van der Waals surface area contributed by atoms with Crippen molar-refractivity contribution in [3.63, 3.8) is 0 Å². The molecule has 4 nitrogen and oxygen atoms in total. The second kappa shape index (κ2) is 3.61. The van der Waals surface area contributed by atoms with Crippen molar-refractivity contribution in [1.29, 1.82) is 5.26 Å². The van der Waals surface area contributed by atoms with E-state index in [9.17, 15) is 18.0 Å². The molecule has 7 heteroatoms. The highest BCUT2D eigenvalue weighted by molar-refractivity contribution is 5.61. The van der Waals surface area contributed by atoms with Gasteiger partial charge in [-0.3, -0.25) is 0 Å². The van der Waals surface area contributed by atoms with Gasteiger partial charge in [0.15, 0.2) is 6.07 Å². The fourth-order valence-electron chi connectivity index (χ4n) is 0.239. The minimum Gasteiger partial charge on any atom is -0.367 e. The van der Waals surface area contributed by atoms with Crippen LogP contribution in [0.3, 0.4) is 0 Å². The number of halogens is 3. The smallest absolute Gasteiger partial charge is 0.367 e. The molecule has 66 valence electrons. The highest BCUT2D eigenvalue weighted by Crippen LogP contribution is 2.15. The number of nitrogens with zero attached hydrogens (tertiary/aromatic N) is 1. The van der Waals surface area contributed by atoms with Crippen molar-refractivity contribution >= 4 is 6.16 Å². The molecule has 0 heterocycles. The number of hydrogen-bond acceptors (Lipinski definition) is 4. The van der Waals surface area contributed by atoms with Crippen LogP contribution in [0, 0.1) is 11.3 Å². The maximum Gasteiger partial charge on any atom is 0.521 e. The van der Waals surface area contributed by atoms with Crippen LogP contribution in [-0.2, 0) is 9.47 Å². The van der Waals surface area contributed by atoms with Gasteiger partial charge in [-0.1, -0.05) is 0 Å². The van der Waals surface area contributed by atoms with E-state index in [0.717, 1.165) is 0 Å². The van der Waals surface area contributed by atoms with Gasteiger partial charge in [-0.25, -0.2) is 4.79 Å². The number of nitriles is 1. The maximum atomic E-state index is 11.8. The maximum absolute atomic E-state index is 11.8. The molecular formula is C5H2F3NO3. The monoisotopic (exact) mass is 181 g/mol.